The molecule has 0 bridgehead atoms. The zero-order valence-corrected chi connectivity index (χ0v) is 11.0. The van der Waals surface area contributed by atoms with Gasteiger partial charge in [-0.2, -0.15) is 0 Å². The molecule has 0 radical (unpaired) electrons. The number of carbonyl (C=O) groups excluding carboxylic acids is 2. The van der Waals surface area contributed by atoms with Crippen molar-refractivity contribution in [2.75, 3.05) is 6.61 Å². The third-order valence-corrected chi connectivity index (χ3v) is 2.71. The molecule has 0 aliphatic heterocycles. The zero-order valence-electron chi connectivity index (χ0n) is 11.0. The highest BCUT2D eigenvalue weighted by Gasteiger charge is 2.20. The Kier molecular flexibility index (Phi) is 5.86. The summed E-state index contributed by atoms with van der Waals surface area (Å²) in [5.74, 6) is -2.01. The SMILES string of the molecule is CCOC(=O)c1cc(C(O)C(=O)O)ccc1CCC=O. The summed E-state index contributed by atoms with van der Waals surface area (Å²) in [6.45, 7) is 1.83. The van der Waals surface area contributed by atoms with Crippen LogP contribution in [0.5, 0.6) is 0 Å². The normalized spacial score (nSPS) is 11.7. The van der Waals surface area contributed by atoms with Gasteiger partial charge < -0.3 is 19.7 Å². The van der Waals surface area contributed by atoms with Crippen molar-refractivity contribution in [3.05, 3.63) is 34.9 Å². The van der Waals surface area contributed by atoms with Crippen LogP contribution in [-0.2, 0) is 20.7 Å². The van der Waals surface area contributed by atoms with Gasteiger partial charge in [0, 0.05) is 6.42 Å². The number of carboxylic acid groups (broad SMARTS) is 1. The molecule has 20 heavy (non-hydrogen) atoms. The van der Waals surface area contributed by atoms with E-state index in [1.165, 1.54) is 18.2 Å². The number of ether oxygens (including phenoxy) is 1. The molecule has 0 heterocycles. The second kappa shape index (κ2) is 7.40. The van der Waals surface area contributed by atoms with Crippen LogP contribution in [0.3, 0.4) is 0 Å². The number of esters is 1. The molecule has 1 unspecified atom stereocenters. The summed E-state index contributed by atoms with van der Waals surface area (Å²) in [6, 6.07) is 4.23. The van der Waals surface area contributed by atoms with E-state index < -0.39 is 18.0 Å². The van der Waals surface area contributed by atoms with Gasteiger partial charge in [-0.1, -0.05) is 12.1 Å². The van der Waals surface area contributed by atoms with Gasteiger partial charge in [-0.3, -0.25) is 0 Å². The van der Waals surface area contributed by atoms with Gasteiger partial charge in [-0.25, -0.2) is 9.59 Å². The number of hydrogen-bond donors (Lipinski definition) is 2. The Bertz CT molecular complexity index is 508. The highest BCUT2D eigenvalue weighted by Crippen LogP contribution is 2.20. The van der Waals surface area contributed by atoms with E-state index >= 15 is 0 Å². The number of rotatable bonds is 7. The van der Waals surface area contributed by atoms with E-state index in [1.807, 2.05) is 0 Å². The highest BCUT2D eigenvalue weighted by molar-refractivity contribution is 5.92. The van der Waals surface area contributed by atoms with Crippen molar-refractivity contribution in [2.45, 2.75) is 25.9 Å². The van der Waals surface area contributed by atoms with Crippen LogP contribution >= 0.6 is 0 Å². The first-order chi connectivity index (χ1) is 9.51. The molecule has 2 N–H and O–H groups in total. The van der Waals surface area contributed by atoms with E-state index in [1.54, 1.807) is 6.92 Å². The summed E-state index contributed by atoms with van der Waals surface area (Å²) < 4.78 is 4.89. The topological polar surface area (TPSA) is 101 Å². The number of hydrogen-bond acceptors (Lipinski definition) is 5. The van der Waals surface area contributed by atoms with Gasteiger partial charge in [0.25, 0.3) is 0 Å². The molecule has 0 fully saturated rings. The lowest BCUT2D eigenvalue weighted by molar-refractivity contribution is -0.147. The first-order valence-corrected chi connectivity index (χ1v) is 6.15. The third kappa shape index (κ3) is 3.89. The molecule has 0 spiro atoms. The molecule has 0 saturated heterocycles. The van der Waals surface area contributed by atoms with Crippen LogP contribution in [0.4, 0.5) is 0 Å². The molecule has 1 atom stereocenters. The van der Waals surface area contributed by atoms with Crippen LogP contribution in [-0.4, -0.2) is 35.0 Å². The lowest BCUT2D eigenvalue weighted by atomic mass is 9.98. The van der Waals surface area contributed by atoms with E-state index in [2.05, 4.69) is 0 Å². The summed E-state index contributed by atoms with van der Waals surface area (Å²) in [6.07, 6.45) is -0.383. The second-order valence-electron chi connectivity index (χ2n) is 4.08. The summed E-state index contributed by atoms with van der Waals surface area (Å²) in [5.41, 5.74) is 0.846. The number of benzene rings is 1. The maximum Gasteiger partial charge on any atom is 0.338 e. The van der Waals surface area contributed by atoms with Gasteiger partial charge in [0.15, 0.2) is 6.10 Å². The third-order valence-electron chi connectivity index (χ3n) is 2.71. The predicted molar refractivity (Wildman–Crippen MR) is 69.4 cm³/mol. The quantitative estimate of drug-likeness (QED) is 0.573. The van der Waals surface area contributed by atoms with Crippen molar-refractivity contribution in [3.63, 3.8) is 0 Å². The van der Waals surface area contributed by atoms with Gasteiger partial charge in [0.1, 0.15) is 6.29 Å². The Balaban J connectivity index is 3.16. The number of aliphatic hydroxyl groups excluding tert-OH is 1. The Morgan fingerprint density at radius 2 is 2.10 bits per heavy atom. The minimum atomic E-state index is -1.71. The number of aliphatic hydroxyl groups is 1. The zero-order chi connectivity index (χ0) is 15.1. The maximum absolute atomic E-state index is 11.8. The first kappa shape index (κ1) is 15.8. The van der Waals surface area contributed by atoms with Crippen molar-refractivity contribution < 1.29 is 29.3 Å². The molecule has 0 aliphatic rings. The predicted octanol–water partition coefficient (Wildman–Crippen LogP) is 1.11. The fourth-order valence-corrected chi connectivity index (χ4v) is 1.74. The molecule has 0 aliphatic carbocycles. The number of carbonyl (C=O) groups is 3. The molecule has 0 amide bonds. The molecular weight excluding hydrogens is 264 g/mol. The molecular formula is C14H16O6. The minimum absolute atomic E-state index is 0.0930. The number of carboxylic acids is 1. The van der Waals surface area contributed by atoms with Crippen LogP contribution < -0.4 is 0 Å². The number of aryl methyl sites for hydroxylation is 1. The fourth-order valence-electron chi connectivity index (χ4n) is 1.74. The van der Waals surface area contributed by atoms with Crippen LogP contribution in [0, 0.1) is 0 Å². The Morgan fingerprint density at radius 3 is 2.65 bits per heavy atom. The van der Waals surface area contributed by atoms with E-state index in [4.69, 9.17) is 9.84 Å². The van der Waals surface area contributed by atoms with Gasteiger partial charge in [0.2, 0.25) is 0 Å². The summed E-state index contributed by atoms with van der Waals surface area (Å²) in [4.78, 5) is 33.0. The van der Waals surface area contributed by atoms with E-state index in [9.17, 15) is 19.5 Å². The van der Waals surface area contributed by atoms with E-state index in [0.717, 1.165) is 6.29 Å². The molecule has 0 aromatic heterocycles. The van der Waals surface area contributed by atoms with Crippen LogP contribution in [0.15, 0.2) is 18.2 Å². The van der Waals surface area contributed by atoms with Crippen LogP contribution in [0.2, 0.25) is 0 Å². The Morgan fingerprint density at radius 1 is 1.40 bits per heavy atom. The van der Waals surface area contributed by atoms with E-state index in [-0.39, 0.29) is 24.2 Å². The van der Waals surface area contributed by atoms with E-state index in [0.29, 0.717) is 12.0 Å². The highest BCUT2D eigenvalue weighted by atomic mass is 16.5. The van der Waals surface area contributed by atoms with Crippen molar-refractivity contribution in [1.82, 2.24) is 0 Å². The minimum Gasteiger partial charge on any atom is -0.479 e. The first-order valence-electron chi connectivity index (χ1n) is 6.15. The summed E-state index contributed by atoms with van der Waals surface area (Å²) in [7, 11) is 0. The number of aliphatic carboxylic acids is 1. The average Bonchev–Trinajstić information content (AvgIpc) is 2.44. The Hall–Kier alpha value is -2.21. The lowest BCUT2D eigenvalue weighted by Gasteiger charge is -2.12. The van der Waals surface area contributed by atoms with Crippen molar-refractivity contribution >= 4 is 18.2 Å². The molecule has 0 saturated carbocycles. The van der Waals surface area contributed by atoms with Crippen molar-refractivity contribution in [3.8, 4) is 0 Å². The molecule has 1 aromatic carbocycles. The van der Waals surface area contributed by atoms with Crippen molar-refractivity contribution in [2.24, 2.45) is 0 Å². The Labute approximate surface area is 116 Å². The van der Waals surface area contributed by atoms with Gasteiger partial charge in [-0.05, 0) is 30.5 Å². The molecule has 6 heteroatoms. The monoisotopic (exact) mass is 280 g/mol. The molecule has 108 valence electrons. The van der Waals surface area contributed by atoms with Crippen molar-refractivity contribution in [1.29, 1.82) is 0 Å². The summed E-state index contributed by atoms with van der Waals surface area (Å²) >= 11 is 0. The second-order valence-corrected chi connectivity index (χ2v) is 4.08. The van der Waals surface area contributed by atoms with Gasteiger partial charge in [0.05, 0.1) is 12.2 Å². The molecule has 1 aromatic rings. The van der Waals surface area contributed by atoms with Gasteiger partial charge in [-0.15, -0.1) is 0 Å². The summed E-state index contributed by atoms with van der Waals surface area (Å²) in [5, 5.41) is 18.3. The molecule has 1 rings (SSSR count). The van der Waals surface area contributed by atoms with Gasteiger partial charge >= 0.3 is 11.9 Å². The largest absolute Gasteiger partial charge is 0.479 e. The lowest BCUT2D eigenvalue weighted by Crippen LogP contribution is -2.14. The fraction of sp³-hybridized carbons (Fsp3) is 0.357. The standard InChI is InChI=1S/C14H16O6/c1-2-20-14(19)11-8-10(12(16)13(17)18)6-5-9(11)4-3-7-15/h5-8,12,16H,2-4H2,1H3,(H,17,18). The smallest absolute Gasteiger partial charge is 0.338 e. The van der Waals surface area contributed by atoms with Crippen LogP contribution in [0.1, 0.15) is 40.9 Å². The maximum atomic E-state index is 11.8. The number of aldehydes is 1. The van der Waals surface area contributed by atoms with Crippen LogP contribution in [0.25, 0.3) is 0 Å². The molecule has 6 nitrogen and oxygen atoms in total. The average molecular weight is 280 g/mol.